The van der Waals surface area contributed by atoms with Gasteiger partial charge < -0.3 is 4.74 Å². The van der Waals surface area contributed by atoms with E-state index in [1.807, 2.05) is 6.92 Å². The average molecular weight is 247 g/mol. The number of hydrogen-bond donors (Lipinski definition) is 0. The Morgan fingerprint density at radius 2 is 1.89 bits per heavy atom. The van der Waals surface area contributed by atoms with E-state index in [-0.39, 0.29) is 5.54 Å². The lowest BCUT2D eigenvalue weighted by Crippen LogP contribution is -2.40. The minimum atomic E-state index is 0.250. The molecule has 0 radical (unpaired) electrons. The zero-order valence-corrected chi connectivity index (χ0v) is 12.1. The highest BCUT2D eigenvalue weighted by atomic mass is 16.5. The summed E-state index contributed by atoms with van der Waals surface area (Å²) in [5.74, 6) is 0.974. The fourth-order valence-electron chi connectivity index (χ4n) is 2.87. The molecule has 0 saturated carbocycles. The summed E-state index contributed by atoms with van der Waals surface area (Å²) < 4.78 is 5.50. The summed E-state index contributed by atoms with van der Waals surface area (Å²) in [5.41, 5.74) is 1.67. The minimum absolute atomic E-state index is 0.250. The van der Waals surface area contributed by atoms with Gasteiger partial charge >= 0.3 is 0 Å². The van der Waals surface area contributed by atoms with Gasteiger partial charge in [-0.25, -0.2) is 0 Å². The molecule has 0 spiro atoms. The lowest BCUT2D eigenvalue weighted by atomic mass is 9.99. The molecule has 18 heavy (non-hydrogen) atoms. The first-order valence-electron chi connectivity index (χ1n) is 7.02. The fraction of sp³-hybridized carbons (Fsp3) is 0.625. The maximum Gasteiger partial charge on any atom is 0.119 e. The Morgan fingerprint density at radius 3 is 2.44 bits per heavy atom. The SMILES string of the molecule is CCOc1ccc(C2CCCN2C(C)(C)C)cc1. The Labute approximate surface area is 111 Å². The van der Waals surface area contributed by atoms with Crippen LogP contribution in [0.15, 0.2) is 24.3 Å². The fourth-order valence-corrected chi connectivity index (χ4v) is 2.87. The zero-order chi connectivity index (χ0) is 13.2. The Morgan fingerprint density at radius 1 is 1.22 bits per heavy atom. The molecule has 2 nitrogen and oxygen atoms in total. The van der Waals surface area contributed by atoms with Gasteiger partial charge in [0.1, 0.15) is 5.75 Å². The first-order valence-corrected chi connectivity index (χ1v) is 7.02. The van der Waals surface area contributed by atoms with Crippen molar-refractivity contribution in [1.82, 2.24) is 4.90 Å². The van der Waals surface area contributed by atoms with Gasteiger partial charge in [-0.3, -0.25) is 4.90 Å². The Hall–Kier alpha value is -1.02. The molecule has 1 aromatic carbocycles. The topological polar surface area (TPSA) is 12.5 Å². The average Bonchev–Trinajstić information content (AvgIpc) is 2.79. The molecule has 1 unspecified atom stereocenters. The molecule has 0 aliphatic carbocycles. The van der Waals surface area contributed by atoms with E-state index in [1.165, 1.54) is 24.9 Å². The van der Waals surface area contributed by atoms with Crippen molar-refractivity contribution in [3.8, 4) is 5.75 Å². The molecular weight excluding hydrogens is 222 g/mol. The van der Waals surface area contributed by atoms with Gasteiger partial charge in [-0.05, 0) is 64.8 Å². The van der Waals surface area contributed by atoms with Crippen LogP contribution in [0.3, 0.4) is 0 Å². The van der Waals surface area contributed by atoms with Crippen molar-refractivity contribution >= 4 is 0 Å². The summed E-state index contributed by atoms with van der Waals surface area (Å²) >= 11 is 0. The minimum Gasteiger partial charge on any atom is -0.494 e. The van der Waals surface area contributed by atoms with Gasteiger partial charge in [-0.15, -0.1) is 0 Å². The van der Waals surface area contributed by atoms with E-state index < -0.39 is 0 Å². The van der Waals surface area contributed by atoms with Crippen molar-refractivity contribution in [1.29, 1.82) is 0 Å². The zero-order valence-electron chi connectivity index (χ0n) is 12.1. The smallest absolute Gasteiger partial charge is 0.119 e. The van der Waals surface area contributed by atoms with E-state index in [9.17, 15) is 0 Å². The van der Waals surface area contributed by atoms with Crippen LogP contribution < -0.4 is 4.74 Å². The molecule has 0 amide bonds. The number of likely N-dealkylation sites (tertiary alicyclic amines) is 1. The second kappa shape index (κ2) is 5.31. The number of ether oxygens (including phenoxy) is 1. The van der Waals surface area contributed by atoms with Crippen LogP contribution in [0.1, 0.15) is 52.1 Å². The predicted octanol–water partition coefficient (Wildman–Crippen LogP) is 4.02. The molecule has 0 N–H and O–H groups in total. The van der Waals surface area contributed by atoms with Crippen LogP contribution >= 0.6 is 0 Å². The predicted molar refractivity (Wildman–Crippen MR) is 76.0 cm³/mol. The molecule has 1 saturated heterocycles. The summed E-state index contributed by atoms with van der Waals surface area (Å²) in [7, 11) is 0. The Kier molecular flexibility index (Phi) is 3.96. The van der Waals surface area contributed by atoms with Gasteiger partial charge in [0, 0.05) is 11.6 Å². The first kappa shape index (κ1) is 13.4. The van der Waals surface area contributed by atoms with E-state index in [4.69, 9.17) is 4.74 Å². The lowest BCUT2D eigenvalue weighted by Gasteiger charge is -2.37. The monoisotopic (exact) mass is 247 g/mol. The maximum absolute atomic E-state index is 5.50. The summed E-state index contributed by atoms with van der Waals surface area (Å²) in [6.07, 6.45) is 2.57. The van der Waals surface area contributed by atoms with Gasteiger partial charge in [-0.1, -0.05) is 12.1 Å². The summed E-state index contributed by atoms with van der Waals surface area (Å²) in [5, 5.41) is 0. The molecule has 0 bridgehead atoms. The van der Waals surface area contributed by atoms with Crippen molar-refractivity contribution in [3.63, 3.8) is 0 Å². The maximum atomic E-state index is 5.50. The summed E-state index contributed by atoms with van der Waals surface area (Å²) in [6.45, 7) is 10.9. The van der Waals surface area contributed by atoms with Gasteiger partial charge in [0.05, 0.1) is 6.61 Å². The van der Waals surface area contributed by atoms with E-state index in [1.54, 1.807) is 0 Å². The Bertz CT molecular complexity index is 377. The van der Waals surface area contributed by atoms with E-state index >= 15 is 0 Å². The summed E-state index contributed by atoms with van der Waals surface area (Å²) in [6, 6.07) is 9.20. The Balaban J connectivity index is 2.15. The normalized spacial score (nSPS) is 21.2. The standard InChI is InChI=1S/C16H25NO/c1-5-18-14-10-8-13(9-11-14)15-7-6-12-17(15)16(2,3)4/h8-11,15H,5-7,12H2,1-4H3. The highest BCUT2D eigenvalue weighted by molar-refractivity contribution is 5.30. The second-order valence-electron chi connectivity index (χ2n) is 6.02. The number of benzene rings is 1. The first-order chi connectivity index (χ1) is 8.52. The third-order valence-corrected chi connectivity index (χ3v) is 3.69. The van der Waals surface area contributed by atoms with Crippen LogP contribution in [-0.4, -0.2) is 23.6 Å². The van der Waals surface area contributed by atoms with Crippen LogP contribution in [-0.2, 0) is 0 Å². The van der Waals surface area contributed by atoms with Gasteiger partial charge in [0.25, 0.3) is 0 Å². The van der Waals surface area contributed by atoms with Crippen LogP contribution in [0.25, 0.3) is 0 Å². The van der Waals surface area contributed by atoms with Crippen LogP contribution in [0, 0.1) is 0 Å². The largest absolute Gasteiger partial charge is 0.494 e. The van der Waals surface area contributed by atoms with E-state index in [0.29, 0.717) is 6.04 Å². The number of nitrogens with zero attached hydrogens (tertiary/aromatic N) is 1. The van der Waals surface area contributed by atoms with Crippen molar-refractivity contribution in [3.05, 3.63) is 29.8 Å². The van der Waals surface area contributed by atoms with E-state index in [0.717, 1.165) is 12.4 Å². The molecule has 1 heterocycles. The van der Waals surface area contributed by atoms with Crippen LogP contribution in [0.5, 0.6) is 5.75 Å². The number of rotatable bonds is 3. The third kappa shape index (κ3) is 2.86. The van der Waals surface area contributed by atoms with Crippen molar-refractivity contribution in [2.45, 2.75) is 52.1 Å². The van der Waals surface area contributed by atoms with Crippen molar-refractivity contribution in [2.75, 3.05) is 13.2 Å². The highest BCUT2D eigenvalue weighted by Gasteiger charge is 2.33. The second-order valence-corrected chi connectivity index (χ2v) is 6.02. The molecule has 0 aromatic heterocycles. The van der Waals surface area contributed by atoms with Crippen molar-refractivity contribution < 1.29 is 4.74 Å². The number of hydrogen-bond acceptors (Lipinski definition) is 2. The van der Waals surface area contributed by atoms with Gasteiger partial charge in [-0.2, -0.15) is 0 Å². The molecular formula is C16H25NO. The highest BCUT2D eigenvalue weighted by Crippen LogP contribution is 2.37. The lowest BCUT2D eigenvalue weighted by molar-refractivity contribution is 0.121. The molecule has 1 aliphatic rings. The van der Waals surface area contributed by atoms with E-state index in [2.05, 4.69) is 49.9 Å². The molecule has 100 valence electrons. The quantitative estimate of drug-likeness (QED) is 0.800. The van der Waals surface area contributed by atoms with Gasteiger partial charge in [0.2, 0.25) is 0 Å². The molecule has 2 heteroatoms. The molecule has 1 fully saturated rings. The van der Waals surface area contributed by atoms with Gasteiger partial charge in [0.15, 0.2) is 0 Å². The third-order valence-electron chi connectivity index (χ3n) is 3.69. The molecule has 1 atom stereocenters. The molecule has 2 rings (SSSR count). The molecule has 1 aromatic rings. The van der Waals surface area contributed by atoms with Crippen molar-refractivity contribution in [2.24, 2.45) is 0 Å². The summed E-state index contributed by atoms with van der Waals surface area (Å²) in [4.78, 5) is 2.61. The van der Waals surface area contributed by atoms with Crippen LogP contribution in [0.2, 0.25) is 0 Å². The van der Waals surface area contributed by atoms with Crippen LogP contribution in [0.4, 0.5) is 0 Å². The molecule has 1 aliphatic heterocycles.